The van der Waals surface area contributed by atoms with Crippen molar-refractivity contribution in [1.29, 1.82) is 5.26 Å². The molecule has 0 bridgehead atoms. The Morgan fingerprint density at radius 1 is 1.58 bits per heavy atom. The average Bonchev–Trinajstić information content (AvgIpc) is 3.22. The molecule has 19 heavy (non-hydrogen) atoms. The molecule has 2 rings (SSSR count). The van der Waals surface area contributed by atoms with Crippen molar-refractivity contribution in [2.75, 3.05) is 18.4 Å². The summed E-state index contributed by atoms with van der Waals surface area (Å²) in [5.41, 5.74) is 0.312. The normalized spacial score (nSPS) is 13.7. The van der Waals surface area contributed by atoms with Crippen LogP contribution in [0.2, 0.25) is 0 Å². The zero-order valence-electron chi connectivity index (χ0n) is 10.8. The van der Waals surface area contributed by atoms with Crippen LogP contribution in [-0.2, 0) is 4.79 Å². The molecule has 1 aromatic carbocycles. The van der Waals surface area contributed by atoms with Gasteiger partial charge in [0.2, 0.25) is 5.91 Å². The minimum absolute atomic E-state index is 0.0156. The number of amides is 1. The van der Waals surface area contributed by atoms with Gasteiger partial charge in [-0.1, -0.05) is 6.07 Å². The number of rotatable bonds is 5. The number of carbonyl (C=O) groups is 1. The Morgan fingerprint density at radius 3 is 2.89 bits per heavy atom. The molecule has 0 radical (unpaired) electrons. The number of nitriles is 1. The molecule has 1 N–H and O–H groups in total. The Bertz CT molecular complexity index is 520. The number of hydrogen-bond donors (Lipinski definition) is 1. The number of halogens is 1. The molecule has 1 aliphatic carbocycles. The standard InChI is InChI=1S/C14H16FN3O/c1-2-18(10-6-7-10)14(19)9-17-13-5-3-4-12(15)11(13)8-16/h3-5,10,17H,2,6-7,9H2,1H3. The quantitative estimate of drug-likeness (QED) is 0.883. The third kappa shape index (κ3) is 3.02. The summed E-state index contributed by atoms with van der Waals surface area (Å²) in [6, 6.07) is 6.51. The van der Waals surface area contributed by atoms with Crippen molar-refractivity contribution in [3.8, 4) is 6.07 Å². The molecule has 0 heterocycles. The molecule has 0 atom stereocenters. The lowest BCUT2D eigenvalue weighted by Crippen LogP contribution is -2.37. The molecule has 0 saturated heterocycles. The van der Waals surface area contributed by atoms with E-state index >= 15 is 0 Å². The lowest BCUT2D eigenvalue weighted by molar-refractivity contribution is -0.129. The molecule has 5 heteroatoms. The second-order valence-electron chi connectivity index (χ2n) is 4.54. The molecule has 1 fully saturated rings. The van der Waals surface area contributed by atoms with Gasteiger partial charge < -0.3 is 10.2 Å². The lowest BCUT2D eigenvalue weighted by Gasteiger charge is -2.21. The summed E-state index contributed by atoms with van der Waals surface area (Å²) in [5, 5.41) is 11.7. The van der Waals surface area contributed by atoms with Gasteiger partial charge in [0.1, 0.15) is 17.4 Å². The summed E-state index contributed by atoms with van der Waals surface area (Å²) in [7, 11) is 0. The first-order valence-corrected chi connectivity index (χ1v) is 6.39. The predicted molar refractivity (Wildman–Crippen MR) is 70.0 cm³/mol. The van der Waals surface area contributed by atoms with Crippen LogP contribution in [0.15, 0.2) is 18.2 Å². The van der Waals surface area contributed by atoms with Crippen molar-refractivity contribution < 1.29 is 9.18 Å². The van der Waals surface area contributed by atoms with Gasteiger partial charge in [0, 0.05) is 12.6 Å². The highest BCUT2D eigenvalue weighted by Crippen LogP contribution is 2.26. The minimum Gasteiger partial charge on any atom is -0.375 e. The molecule has 0 aliphatic heterocycles. The maximum absolute atomic E-state index is 13.4. The lowest BCUT2D eigenvalue weighted by atomic mass is 10.2. The zero-order valence-corrected chi connectivity index (χ0v) is 10.8. The maximum atomic E-state index is 13.4. The number of nitrogens with zero attached hydrogens (tertiary/aromatic N) is 2. The SMILES string of the molecule is CCN(C(=O)CNc1cccc(F)c1C#N)C1CC1. The smallest absolute Gasteiger partial charge is 0.242 e. The van der Waals surface area contributed by atoms with Gasteiger partial charge in [0.05, 0.1) is 12.2 Å². The van der Waals surface area contributed by atoms with Crippen molar-refractivity contribution >= 4 is 11.6 Å². The number of hydrogen-bond acceptors (Lipinski definition) is 3. The van der Waals surface area contributed by atoms with E-state index in [1.54, 1.807) is 12.1 Å². The van der Waals surface area contributed by atoms with Crippen LogP contribution in [-0.4, -0.2) is 29.9 Å². The fourth-order valence-corrected chi connectivity index (χ4v) is 2.08. The van der Waals surface area contributed by atoms with E-state index in [0.29, 0.717) is 18.3 Å². The van der Waals surface area contributed by atoms with Crippen LogP contribution in [0.3, 0.4) is 0 Å². The van der Waals surface area contributed by atoms with Gasteiger partial charge in [-0.3, -0.25) is 4.79 Å². The highest BCUT2D eigenvalue weighted by Gasteiger charge is 2.31. The molecule has 0 unspecified atom stereocenters. The van der Waals surface area contributed by atoms with E-state index in [4.69, 9.17) is 5.26 Å². The molecular formula is C14H16FN3O. The van der Waals surface area contributed by atoms with Gasteiger partial charge in [-0.05, 0) is 31.9 Å². The van der Waals surface area contributed by atoms with E-state index in [-0.39, 0.29) is 18.0 Å². The second-order valence-corrected chi connectivity index (χ2v) is 4.54. The first-order valence-electron chi connectivity index (χ1n) is 6.39. The van der Waals surface area contributed by atoms with Crippen LogP contribution >= 0.6 is 0 Å². The Morgan fingerprint density at radius 2 is 2.32 bits per heavy atom. The van der Waals surface area contributed by atoms with Crippen molar-refractivity contribution in [3.63, 3.8) is 0 Å². The summed E-state index contributed by atoms with van der Waals surface area (Å²) < 4.78 is 13.4. The van der Waals surface area contributed by atoms with Gasteiger partial charge in [0.15, 0.2) is 0 Å². The largest absolute Gasteiger partial charge is 0.375 e. The number of benzene rings is 1. The zero-order chi connectivity index (χ0) is 13.8. The Kier molecular flexibility index (Phi) is 4.00. The Balaban J connectivity index is 2.01. The van der Waals surface area contributed by atoms with Crippen LogP contribution < -0.4 is 5.32 Å². The van der Waals surface area contributed by atoms with Gasteiger partial charge in [0.25, 0.3) is 0 Å². The van der Waals surface area contributed by atoms with Gasteiger partial charge in [-0.2, -0.15) is 5.26 Å². The highest BCUT2D eigenvalue weighted by atomic mass is 19.1. The summed E-state index contributed by atoms with van der Waals surface area (Å²) in [5.74, 6) is -0.590. The molecular weight excluding hydrogens is 245 g/mol. The minimum atomic E-state index is -0.575. The van der Waals surface area contributed by atoms with E-state index in [1.807, 2.05) is 11.8 Å². The number of anilines is 1. The van der Waals surface area contributed by atoms with Gasteiger partial charge >= 0.3 is 0 Å². The summed E-state index contributed by atoms with van der Waals surface area (Å²) in [6.07, 6.45) is 2.12. The Labute approximate surface area is 111 Å². The maximum Gasteiger partial charge on any atom is 0.242 e. The van der Waals surface area contributed by atoms with Crippen molar-refractivity contribution in [3.05, 3.63) is 29.6 Å². The van der Waals surface area contributed by atoms with E-state index in [1.165, 1.54) is 12.1 Å². The molecule has 0 aromatic heterocycles. The third-order valence-electron chi connectivity index (χ3n) is 3.20. The molecule has 1 saturated carbocycles. The fraction of sp³-hybridized carbons (Fsp3) is 0.429. The van der Waals surface area contributed by atoms with Crippen LogP contribution in [0, 0.1) is 17.1 Å². The monoisotopic (exact) mass is 261 g/mol. The highest BCUT2D eigenvalue weighted by molar-refractivity contribution is 5.82. The first-order chi connectivity index (χ1) is 9.17. The summed E-state index contributed by atoms with van der Waals surface area (Å²) in [6.45, 7) is 2.71. The number of nitrogens with one attached hydrogen (secondary N) is 1. The molecule has 1 aliphatic rings. The molecule has 100 valence electrons. The van der Waals surface area contributed by atoms with Crippen LogP contribution in [0.5, 0.6) is 0 Å². The second kappa shape index (κ2) is 5.70. The van der Waals surface area contributed by atoms with E-state index in [2.05, 4.69) is 5.32 Å². The predicted octanol–water partition coefficient (Wildman–Crippen LogP) is 2.12. The van der Waals surface area contributed by atoms with Crippen molar-refractivity contribution in [1.82, 2.24) is 4.90 Å². The van der Waals surface area contributed by atoms with Crippen LogP contribution in [0.4, 0.5) is 10.1 Å². The fourth-order valence-electron chi connectivity index (χ4n) is 2.08. The van der Waals surface area contributed by atoms with Crippen LogP contribution in [0.25, 0.3) is 0 Å². The Hall–Kier alpha value is -2.09. The molecule has 1 aromatic rings. The van der Waals surface area contributed by atoms with E-state index < -0.39 is 5.82 Å². The van der Waals surface area contributed by atoms with Crippen LogP contribution in [0.1, 0.15) is 25.3 Å². The van der Waals surface area contributed by atoms with Gasteiger partial charge in [-0.15, -0.1) is 0 Å². The molecule has 1 amide bonds. The average molecular weight is 261 g/mol. The number of carbonyl (C=O) groups excluding carboxylic acids is 1. The molecule has 4 nitrogen and oxygen atoms in total. The van der Waals surface area contributed by atoms with Crippen molar-refractivity contribution in [2.45, 2.75) is 25.8 Å². The van der Waals surface area contributed by atoms with Crippen molar-refractivity contribution in [2.24, 2.45) is 0 Å². The number of likely N-dealkylation sites (N-methyl/N-ethyl adjacent to an activating group) is 1. The van der Waals surface area contributed by atoms with E-state index in [9.17, 15) is 9.18 Å². The summed E-state index contributed by atoms with van der Waals surface area (Å²) >= 11 is 0. The first kappa shape index (κ1) is 13.3. The third-order valence-corrected chi connectivity index (χ3v) is 3.20. The van der Waals surface area contributed by atoms with E-state index in [0.717, 1.165) is 12.8 Å². The topological polar surface area (TPSA) is 56.1 Å². The van der Waals surface area contributed by atoms with Gasteiger partial charge in [-0.25, -0.2) is 4.39 Å². The molecule has 0 spiro atoms. The summed E-state index contributed by atoms with van der Waals surface area (Å²) in [4.78, 5) is 13.8.